The standard InChI is InChI=1S/C26H14BrF13N2O4/c1-45-19-12(3-2-4-16(19)41-20(43)10-5-6-15(28)13(7-10)24(32,33)34)21(44)42-18-14(27)8-11(9-17(18)46-22(29)30)23(31,25(35,36)37)26(38,39)40/h2-9,22H,1H3,(H,41,43)(H,42,44). The number of rotatable bonds is 8. The molecule has 6 nitrogen and oxygen atoms in total. The number of hydrogen-bond donors (Lipinski definition) is 2. The van der Waals surface area contributed by atoms with Crippen LogP contribution in [-0.2, 0) is 11.8 Å². The molecule has 3 aromatic rings. The van der Waals surface area contributed by atoms with Gasteiger partial charge >= 0.3 is 30.8 Å². The minimum atomic E-state index is -6.63. The van der Waals surface area contributed by atoms with E-state index < -0.39 is 98.0 Å². The van der Waals surface area contributed by atoms with Crippen molar-refractivity contribution in [1.29, 1.82) is 0 Å². The average Bonchev–Trinajstić information content (AvgIpc) is 2.92. The lowest BCUT2D eigenvalue weighted by atomic mass is 9.93. The van der Waals surface area contributed by atoms with Gasteiger partial charge in [0, 0.05) is 15.6 Å². The van der Waals surface area contributed by atoms with Gasteiger partial charge in [0.1, 0.15) is 5.82 Å². The van der Waals surface area contributed by atoms with E-state index in [2.05, 4.69) is 26.0 Å². The fourth-order valence-electron chi connectivity index (χ4n) is 3.87. The molecule has 0 heterocycles. The van der Waals surface area contributed by atoms with Gasteiger partial charge in [0.15, 0.2) is 11.5 Å². The van der Waals surface area contributed by atoms with Crippen molar-refractivity contribution in [3.8, 4) is 11.5 Å². The summed E-state index contributed by atoms with van der Waals surface area (Å²) in [7, 11) is 0.937. The van der Waals surface area contributed by atoms with Crippen molar-refractivity contribution in [3.63, 3.8) is 0 Å². The van der Waals surface area contributed by atoms with Gasteiger partial charge in [-0.1, -0.05) is 6.07 Å². The summed E-state index contributed by atoms with van der Waals surface area (Å²) in [6, 6.07) is 3.96. The molecule has 0 fully saturated rings. The lowest BCUT2D eigenvalue weighted by Crippen LogP contribution is -2.50. The number of ether oxygens (including phenoxy) is 2. The second-order valence-electron chi connectivity index (χ2n) is 8.85. The molecule has 0 saturated heterocycles. The Hall–Kier alpha value is -4.23. The van der Waals surface area contributed by atoms with Gasteiger partial charge in [-0.15, -0.1) is 0 Å². The summed E-state index contributed by atoms with van der Waals surface area (Å²) < 4.78 is 181. The number of para-hydroxylation sites is 1. The smallest absolute Gasteiger partial charge is 0.435 e. The third-order valence-electron chi connectivity index (χ3n) is 5.93. The zero-order valence-electron chi connectivity index (χ0n) is 22.1. The van der Waals surface area contributed by atoms with Crippen molar-refractivity contribution in [1.82, 2.24) is 0 Å². The Morgan fingerprint density at radius 2 is 1.43 bits per heavy atom. The maximum atomic E-state index is 14.6. The summed E-state index contributed by atoms with van der Waals surface area (Å²) in [5, 5.41) is 4.00. The molecule has 0 spiro atoms. The number of carbonyl (C=O) groups excluding carboxylic acids is 2. The van der Waals surface area contributed by atoms with Crippen LogP contribution in [-0.4, -0.2) is 37.9 Å². The first kappa shape index (κ1) is 36.2. The van der Waals surface area contributed by atoms with Crippen molar-refractivity contribution in [2.75, 3.05) is 17.7 Å². The quantitative estimate of drug-likeness (QED) is 0.226. The number of methoxy groups -OCH3 is 1. The van der Waals surface area contributed by atoms with E-state index in [1.807, 2.05) is 5.32 Å². The summed E-state index contributed by atoms with van der Waals surface area (Å²) in [6.07, 6.45) is -18.4. The van der Waals surface area contributed by atoms with Crippen molar-refractivity contribution < 1.29 is 76.1 Å². The maximum absolute atomic E-state index is 14.6. The predicted molar refractivity (Wildman–Crippen MR) is 136 cm³/mol. The molecule has 0 radical (unpaired) electrons. The number of anilines is 2. The van der Waals surface area contributed by atoms with E-state index in [-0.39, 0.29) is 18.2 Å². The first-order valence-corrected chi connectivity index (χ1v) is 12.6. The molecular formula is C26H14BrF13N2O4. The third-order valence-corrected chi connectivity index (χ3v) is 6.56. The minimum Gasteiger partial charge on any atom is -0.494 e. The number of alkyl halides is 12. The number of halogens is 14. The lowest BCUT2D eigenvalue weighted by molar-refractivity contribution is -0.348. The largest absolute Gasteiger partial charge is 0.494 e. The highest BCUT2D eigenvalue weighted by Crippen LogP contribution is 2.55. The minimum absolute atomic E-state index is 0.0826. The molecule has 20 heteroatoms. The van der Waals surface area contributed by atoms with Crippen LogP contribution in [0.5, 0.6) is 11.5 Å². The summed E-state index contributed by atoms with van der Waals surface area (Å²) in [5.41, 5.74) is -12.7. The van der Waals surface area contributed by atoms with Gasteiger partial charge in [-0.3, -0.25) is 9.59 Å². The molecule has 2 amide bonds. The Bertz CT molecular complexity index is 1630. The monoisotopic (exact) mass is 744 g/mol. The number of nitrogens with one attached hydrogen (secondary N) is 2. The fraction of sp³-hybridized carbons (Fsp3) is 0.231. The normalized spacial score (nSPS) is 12.6. The second kappa shape index (κ2) is 12.9. The van der Waals surface area contributed by atoms with Gasteiger partial charge in [-0.25, -0.2) is 8.78 Å². The highest BCUT2D eigenvalue weighted by molar-refractivity contribution is 9.10. The highest BCUT2D eigenvalue weighted by atomic mass is 79.9. The third kappa shape index (κ3) is 7.26. The first-order chi connectivity index (χ1) is 21.0. The summed E-state index contributed by atoms with van der Waals surface area (Å²) in [4.78, 5) is 25.8. The van der Waals surface area contributed by atoms with Gasteiger partial charge in [0.05, 0.1) is 29.6 Å². The van der Waals surface area contributed by atoms with Gasteiger partial charge in [-0.05, 0) is 58.4 Å². The number of amides is 2. The topological polar surface area (TPSA) is 76.7 Å². The van der Waals surface area contributed by atoms with E-state index in [0.717, 1.165) is 25.3 Å². The number of benzene rings is 3. The molecule has 3 aromatic carbocycles. The van der Waals surface area contributed by atoms with Crippen LogP contribution in [0.1, 0.15) is 31.8 Å². The molecule has 3 rings (SSSR count). The van der Waals surface area contributed by atoms with Gasteiger partial charge in [-0.2, -0.15) is 48.3 Å². The Morgan fingerprint density at radius 3 is 1.96 bits per heavy atom. The van der Waals surface area contributed by atoms with Crippen LogP contribution >= 0.6 is 15.9 Å². The predicted octanol–water partition coefficient (Wildman–Crippen LogP) is 9.01. The fourth-order valence-corrected chi connectivity index (χ4v) is 4.41. The van der Waals surface area contributed by atoms with E-state index in [1.54, 1.807) is 0 Å². The second-order valence-corrected chi connectivity index (χ2v) is 9.71. The molecule has 0 aliphatic rings. The summed E-state index contributed by atoms with van der Waals surface area (Å²) in [5.74, 6) is -6.38. The average molecular weight is 745 g/mol. The van der Waals surface area contributed by atoms with Crippen LogP contribution in [0.4, 0.5) is 68.5 Å². The number of hydrogen-bond acceptors (Lipinski definition) is 4. The van der Waals surface area contributed by atoms with Crippen molar-refractivity contribution >= 4 is 39.1 Å². The molecule has 0 aromatic heterocycles. The SMILES string of the molecule is COc1c(NC(=O)c2ccc(F)c(C(F)(F)F)c2)cccc1C(=O)Nc1c(Br)cc(C(F)(C(F)(F)F)C(F)(F)F)cc1OC(F)F. The van der Waals surface area contributed by atoms with Crippen LogP contribution in [0.25, 0.3) is 0 Å². The van der Waals surface area contributed by atoms with Gasteiger partial charge < -0.3 is 20.1 Å². The van der Waals surface area contributed by atoms with E-state index in [4.69, 9.17) is 4.74 Å². The molecule has 0 unspecified atom stereocenters. The van der Waals surface area contributed by atoms with Crippen molar-refractivity contribution in [3.05, 3.63) is 81.1 Å². The molecular weight excluding hydrogens is 731 g/mol. The molecule has 0 bridgehead atoms. The Labute approximate surface area is 256 Å². The highest BCUT2D eigenvalue weighted by Gasteiger charge is 2.73. The molecule has 0 aliphatic heterocycles. The van der Waals surface area contributed by atoms with E-state index in [9.17, 15) is 66.7 Å². The van der Waals surface area contributed by atoms with E-state index >= 15 is 0 Å². The van der Waals surface area contributed by atoms with Gasteiger partial charge in [0.25, 0.3) is 11.8 Å². The maximum Gasteiger partial charge on any atom is 0.435 e. The Morgan fingerprint density at radius 1 is 0.826 bits per heavy atom. The first-order valence-electron chi connectivity index (χ1n) is 11.8. The summed E-state index contributed by atoms with van der Waals surface area (Å²) in [6.45, 7) is -3.90. The Balaban J connectivity index is 2.04. The summed E-state index contributed by atoms with van der Waals surface area (Å²) >= 11 is 2.51. The van der Waals surface area contributed by atoms with Crippen molar-refractivity contribution in [2.24, 2.45) is 0 Å². The Kier molecular flexibility index (Phi) is 10.1. The van der Waals surface area contributed by atoms with Crippen LogP contribution in [0, 0.1) is 5.82 Å². The van der Waals surface area contributed by atoms with Gasteiger partial charge in [0.2, 0.25) is 0 Å². The molecule has 0 saturated carbocycles. The molecule has 2 N–H and O–H groups in total. The zero-order valence-corrected chi connectivity index (χ0v) is 23.7. The van der Waals surface area contributed by atoms with E-state index in [1.165, 1.54) is 0 Å². The molecule has 46 heavy (non-hydrogen) atoms. The lowest BCUT2D eigenvalue weighted by Gasteiger charge is -2.31. The van der Waals surface area contributed by atoms with E-state index in [0.29, 0.717) is 12.1 Å². The number of carbonyl (C=O) groups is 2. The van der Waals surface area contributed by atoms with Crippen LogP contribution in [0.2, 0.25) is 0 Å². The van der Waals surface area contributed by atoms with Crippen LogP contribution in [0.3, 0.4) is 0 Å². The zero-order chi connectivity index (χ0) is 35.0. The van der Waals surface area contributed by atoms with Crippen molar-refractivity contribution in [2.45, 2.75) is 30.8 Å². The molecule has 0 atom stereocenters. The van der Waals surface area contributed by atoms with Crippen LogP contribution < -0.4 is 20.1 Å². The molecule has 250 valence electrons. The molecule has 0 aliphatic carbocycles. The van der Waals surface area contributed by atoms with Crippen LogP contribution in [0.15, 0.2) is 53.0 Å².